The molecule has 0 bridgehead atoms. The van der Waals surface area contributed by atoms with Gasteiger partial charge in [0.2, 0.25) is 0 Å². The molecule has 0 spiro atoms. The Balaban J connectivity index is 2.60. The minimum Gasteiger partial charge on any atom is -0.324 e. The quantitative estimate of drug-likeness (QED) is 0.713. The summed E-state index contributed by atoms with van der Waals surface area (Å²) in [5, 5.41) is 2.24. The SMILES string of the molecule is CCOC(OCC)(OCC)c1cccc2ccccc12. The van der Waals surface area contributed by atoms with Gasteiger partial charge in [-0.15, -0.1) is 0 Å². The highest BCUT2D eigenvalue weighted by molar-refractivity contribution is 5.86. The summed E-state index contributed by atoms with van der Waals surface area (Å²) in [7, 11) is 0. The predicted molar refractivity (Wildman–Crippen MR) is 80.5 cm³/mol. The maximum atomic E-state index is 5.86. The highest BCUT2D eigenvalue weighted by Crippen LogP contribution is 2.34. The molecule has 2 aromatic rings. The fraction of sp³-hybridized carbons (Fsp3) is 0.412. The third-order valence-corrected chi connectivity index (χ3v) is 3.12. The highest BCUT2D eigenvalue weighted by Gasteiger charge is 2.36. The Labute approximate surface area is 120 Å². The normalized spacial score (nSPS) is 11.9. The first kappa shape index (κ1) is 15.0. The molecule has 0 fully saturated rings. The number of ether oxygens (including phenoxy) is 3. The van der Waals surface area contributed by atoms with Gasteiger partial charge in [-0.3, -0.25) is 0 Å². The molecule has 2 aromatic carbocycles. The topological polar surface area (TPSA) is 27.7 Å². The summed E-state index contributed by atoms with van der Waals surface area (Å²) in [6.07, 6.45) is 0. The maximum Gasteiger partial charge on any atom is 0.312 e. The number of hydrogen-bond acceptors (Lipinski definition) is 3. The molecule has 0 saturated carbocycles. The average Bonchev–Trinajstić information content (AvgIpc) is 2.47. The molecule has 2 rings (SSSR count). The van der Waals surface area contributed by atoms with Crippen LogP contribution in [-0.4, -0.2) is 19.8 Å². The van der Waals surface area contributed by atoms with Crippen LogP contribution < -0.4 is 0 Å². The molecular formula is C17H22O3. The van der Waals surface area contributed by atoms with Crippen LogP contribution in [0.25, 0.3) is 10.8 Å². The lowest BCUT2D eigenvalue weighted by Gasteiger charge is -2.33. The van der Waals surface area contributed by atoms with Crippen LogP contribution in [0.5, 0.6) is 0 Å². The molecule has 3 nitrogen and oxygen atoms in total. The van der Waals surface area contributed by atoms with Crippen molar-refractivity contribution >= 4 is 10.8 Å². The van der Waals surface area contributed by atoms with E-state index in [4.69, 9.17) is 14.2 Å². The first-order valence-corrected chi connectivity index (χ1v) is 7.17. The third kappa shape index (κ3) is 2.85. The molecule has 0 amide bonds. The molecule has 0 aliphatic carbocycles. The van der Waals surface area contributed by atoms with Crippen molar-refractivity contribution in [3.8, 4) is 0 Å². The molecule has 20 heavy (non-hydrogen) atoms. The third-order valence-electron chi connectivity index (χ3n) is 3.12. The first-order valence-electron chi connectivity index (χ1n) is 7.17. The predicted octanol–water partition coefficient (Wildman–Crippen LogP) is 4.06. The van der Waals surface area contributed by atoms with Gasteiger partial charge in [-0.25, -0.2) is 0 Å². The molecule has 0 N–H and O–H groups in total. The molecule has 0 atom stereocenters. The molecule has 0 aromatic heterocycles. The Hall–Kier alpha value is -1.42. The van der Waals surface area contributed by atoms with Gasteiger partial charge in [0.05, 0.1) is 0 Å². The van der Waals surface area contributed by atoms with Gasteiger partial charge in [-0.05, 0) is 31.5 Å². The lowest BCUT2D eigenvalue weighted by atomic mass is 10.0. The average molecular weight is 274 g/mol. The van der Waals surface area contributed by atoms with Crippen LogP contribution in [0.15, 0.2) is 42.5 Å². The van der Waals surface area contributed by atoms with Crippen LogP contribution in [0.2, 0.25) is 0 Å². The van der Waals surface area contributed by atoms with Gasteiger partial charge in [-0.1, -0.05) is 42.5 Å². The van der Waals surface area contributed by atoms with Crippen molar-refractivity contribution in [3.05, 3.63) is 48.0 Å². The van der Waals surface area contributed by atoms with Gasteiger partial charge in [0.25, 0.3) is 0 Å². The van der Waals surface area contributed by atoms with Crippen molar-refractivity contribution in [1.29, 1.82) is 0 Å². The molecule has 3 heteroatoms. The Morgan fingerprint density at radius 1 is 0.750 bits per heavy atom. The second-order valence-electron chi connectivity index (χ2n) is 4.38. The first-order chi connectivity index (χ1) is 9.77. The van der Waals surface area contributed by atoms with E-state index in [-0.39, 0.29) is 0 Å². The smallest absolute Gasteiger partial charge is 0.312 e. The Morgan fingerprint density at radius 2 is 1.30 bits per heavy atom. The zero-order chi connectivity index (χ0) is 14.4. The van der Waals surface area contributed by atoms with Gasteiger partial charge in [0, 0.05) is 25.4 Å². The zero-order valence-corrected chi connectivity index (χ0v) is 12.4. The summed E-state index contributed by atoms with van der Waals surface area (Å²) in [5.41, 5.74) is 0.918. The summed E-state index contributed by atoms with van der Waals surface area (Å²) in [6, 6.07) is 14.3. The highest BCUT2D eigenvalue weighted by atomic mass is 16.9. The molecule has 0 radical (unpaired) electrons. The van der Waals surface area contributed by atoms with E-state index >= 15 is 0 Å². The van der Waals surface area contributed by atoms with Crippen molar-refractivity contribution in [2.45, 2.75) is 26.7 Å². The lowest BCUT2D eigenvalue weighted by Crippen LogP contribution is -2.36. The van der Waals surface area contributed by atoms with E-state index in [9.17, 15) is 0 Å². The molecule has 0 aliphatic heterocycles. The molecule has 0 aliphatic rings. The van der Waals surface area contributed by atoms with Gasteiger partial charge >= 0.3 is 5.97 Å². The van der Waals surface area contributed by atoms with E-state index in [1.165, 1.54) is 0 Å². The van der Waals surface area contributed by atoms with Crippen LogP contribution in [-0.2, 0) is 20.2 Å². The number of benzene rings is 2. The Kier molecular flexibility index (Phi) is 5.12. The van der Waals surface area contributed by atoms with Gasteiger partial charge in [0.15, 0.2) is 0 Å². The van der Waals surface area contributed by atoms with E-state index in [1.807, 2.05) is 45.0 Å². The van der Waals surface area contributed by atoms with Crippen molar-refractivity contribution in [2.24, 2.45) is 0 Å². The summed E-state index contributed by atoms with van der Waals surface area (Å²) >= 11 is 0. The number of fused-ring (bicyclic) bond motifs is 1. The standard InChI is InChI=1S/C17H22O3/c1-4-18-17(19-5-2,20-6-3)16-13-9-11-14-10-7-8-12-15(14)16/h7-13H,4-6H2,1-3H3. The van der Waals surface area contributed by atoms with Crippen molar-refractivity contribution in [2.75, 3.05) is 19.8 Å². The summed E-state index contributed by atoms with van der Waals surface area (Å²) in [4.78, 5) is 0. The van der Waals surface area contributed by atoms with Crippen LogP contribution >= 0.6 is 0 Å². The fourth-order valence-electron chi connectivity index (χ4n) is 2.42. The Morgan fingerprint density at radius 3 is 1.90 bits per heavy atom. The van der Waals surface area contributed by atoms with E-state index in [0.29, 0.717) is 19.8 Å². The van der Waals surface area contributed by atoms with Crippen LogP contribution in [0, 0.1) is 0 Å². The zero-order valence-electron chi connectivity index (χ0n) is 12.4. The van der Waals surface area contributed by atoms with Gasteiger partial charge < -0.3 is 14.2 Å². The second kappa shape index (κ2) is 6.84. The van der Waals surface area contributed by atoms with E-state index < -0.39 is 5.97 Å². The minimum absolute atomic E-state index is 0.517. The van der Waals surface area contributed by atoms with Crippen LogP contribution in [0.3, 0.4) is 0 Å². The summed E-state index contributed by atoms with van der Waals surface area (Å²) in [6.45, 7) is 7.38. The largest absolute Gasteiger partial charge is 0.324 e. The summed E-state index contributed by atoms with van der Waals surface area (Å²) in [5.74, 6) is -1.13. The molecule has 108 valence electrons. The van der Waals surface area contributed by atoms with Crippen LogP contribution in [0.1, 0.15) is 26.3 Å². The van der Waals surface area contributed by atoms with E-state index in [1.54, 1.807) is 0 Å². The van der Waals surface area contributed by atoms with Gasteiger partial charge in [-0.2, -0.15) is 0 Å². The molecule has 0 saturated heterocycles. The second-order valence-corrected chi connectivity index (χ2v) is 4.38. The maximum absolute atomic E-state index is 5.86. The fourth-order valence-corrected chi connectivity index (χ4v) is 2.42. The van der Waals surface area contributed by atoms with Gasteiger partial charge in [0.1, 0.15) is 0 Å². The van der Waals surface area contributed by atoms with Crippen LogP contribution in [0.4, 0.5) is 0 Å². The summed E-state index contributed by atoms with van der Waals surface area (Å²) < 4.78 is 17.6. The molecular weight excluding hydrogens is 252 g/mol. The monoisotopic (exact) mass is 274 g/mol. The van der Waals surface area contributed by atoms with Crippen molar-refractivity contribution in [3.63, 3.8) is 0 Å². The molecule has 0 heterocycles. The Bertz CT molecular complexity index is 528. The van der Waals surface area contributed by atoms with Crippen molar-refractivity contribution < 1.29 is 14.2 Å². The van der Waals surface area contributed by atoms with E-state index in [2.05, 4.69) is 18.2 Å². The van der Waals surface area contributed by atoms with E-state index in [0.717, 1.165) is 16.3 Å². The number of rotatable bonds is 7. The lowest BCUT2D eigenvalue weighted by molar-refractivity contribution is -0.388. The van der Waals surface area contributed by atoms with Crippen molar-refractivity contribution in [1.82, 2.24) is 0 Å². The molecule has 0 unspecified atom stereocenters. The number of hydrogen-bond donors (Lipinski definition) is 0. The minimum atomic E-state index is -1.13.